The molecule has 1 atom stereocenters. The first-order valence-corrected chi connectivity index (χ1v) is 12.1. The molecule has 2 aromatic carbocycles. The third kappa shape index (κ3) is 6.52. The molecule has 1 aliphatic heterocycles. The average molecular weight is 449 g/mol. The van der Waals surface area contributed by atoms with Crippen molar-refractivity contribution in [3.63, 3.8) is 0 Å². The maximum Gasteiger partial charge on any atom is 0.232 e. The van der Waals surface area contributed by atoms with Gasteiger partial charge in [0, 0.05) is 13.0 Å². The number of rotatable bonds is 10. The zero-order valence-corrected chi connectivity index (χ0v) is 18.6. The quantitative estimate of drug-likeness (QED) is 0.600. The van der Waals surface area contributed by atoms with Gasteiger partial charge in [-0.25, -0.2) is 8.42 Å². The predicted molar refractivity (Wildman–Crippen MR) is 118 cm³/mol. The van der Waals surface area contributed by atoms with Crippen LogP contribution in [0, 0.1) is 0 Å². The number of nitrogens with one attached hydrogen (secondary N) is 1. The van der Waals surface area contributed by atoms with E-state index in [9.17, 15) is 13.2 Å². The van der Waals surface area contributed by atoms with Crippen molar-refractivity contribution in [2.75, 3.05) is 36.9 Å². The van der Waals surface area contributed by atoms with E-state index in [4.69, 9.17) is 14.2 Å². The third-order valence-electron chi connectivity index (χ3n) is 4.70. The summed E-state index contributed by atoms with van der Waals surface area (Å²) in [6, 6.07) is 14.3. The molecule has 31 heavy (non-hydrogen) atoms. The van der Waals surface area contributed by atoms with E-state index < -0.39 is 10.0 Å². The number of carbonyl (C=O) groups is 1. The molecule has 0 saturated heterocycles. The minimum Gasteiger partial charge on any atom is -0.494 e. The molecule has 0 saturated carbocycles. The van der Waals surface area contributed by atoms with E-state index >= 15 is 0 Å². The number of hydrogen-bond donors (Lipinski definition) is 1. The fourth-order valence-corrected chi connectivity index (χ4v) is 4.19. The molecule has 1 N–H and O–H groups in total. The molecule has 0 fully saturated rings. The summed E-state index contributed by atoms with van der Waals surface area (Å²) in [6.45, 7) is 3.30. The van der Waals surface area contributed by atoms with Gasteiger partial charge >= 0.3 is 0 Å². The van der Waals surface area contributed by atoms with Crippen LogP contribution in [-0.2, 0) is 14.8 Å². The summed E-state index contributed by atoms with van der Waals surface area (Å²) >= 11 is 0. The summed E-state index contributed by atoms with van der Waals surface area (Å²) in [7, 11) is -3.47. The highest BCUT2D eigenvalue weighted by molar-refractivity contribution is 7.92. The highest BCUT2D eigenvalue weighted by Gasteiger charge is 2.21. The summed E-state index contributed by atoms with van der Waals surface area (Å²) in [6.07, 6.45) is 1.47. The van der Waals surface area contributed by atoms with Gasteiger partial charge in [-0.2, -0.15) is 0 Å². The topological polar surface area (TPSA) is 94.2 Å². The Morgan fingerprint density at radius 1 is 1.16 bits per heavy atom. The Bertz CT molecular complexity index is 978. The van der Waals surface area contributed by atoms with Crippen molar-refractivity contribution in [1.29, 1.82) is 0 Å². The van der Waals surface area contributed by atoms with Crippen LogP contribution in [0.15, 0.2) is 48.5 Å². The molecule has 1 unspecified atom stereocenters. The zero-order chi connectivity index (χ0) is 22.3. The van der Waals surface area contributed by atoms with Crippen molar-refractivity contribution in [3.8, 4) is 17.2 Å². The number of ether oxygens (including phenoxy) is 3. The van der Waals surface area contributed by atoms with Crippen LogP contribution < -0.4 is 23.8 Å². The zero-order valence-electron chi connectivity index (χ0n) is 17.7. The monoisotopic (exact) mass is 448 g/mol. The van der Waals surface area contributed by atoms with Crippen molar-refractivity contribution in [2.45, 2.75) is 25.9 Å². The fraction of sp³-hybridized carbons (Fsp3) is 0.409. The first kappa shape index (κ1) is 22.7. The van der Waals surface area contributed by atoms with Gasteiger partial charge in [-0.1, -0.05) is 12.1 Å². The molecule has 2 aromatic rings. The number of carbonyl (C=O) groups excluding carboxylic acids is 1. The van der Waals surface area contributed by atoms with E-state index in [1.165, 1.54) is 4.31 Å². The minimum absolute atomic E-state index is 0.164. The third-order valence-corrected chi connectivity index (χ3v) is 5.89. The van der Waals surface area contributed by atoms with Gasteiger partial charge in [0.1, 0.15) is 18.5 Å². The van der Waals surface area contributed by atoms with Gasteiger partial charge in [-0.3, -0.25) is 9.10 Å². The number of hydrogen-bond acceptors (Lipinski definition) is 6. The van der Waals surface area contributed by atoms with Crippen LogP contribution in [0.4, 0.5) is 5.69 Å². The second kappa shape index (κ2) is 10.4. The lowest BCUT2D eigenvalue weighted by molar-refractivity contribution is -0.121. The van der Waals surface area contributed by atoms with Crippen LogP contribution in [-0.4, -0.2) is 53.0 Å². The van der Waals surface area contributed by atoms with Crippen LogP contribution >= 0.6 is 0 Å². The van der Waals surface area contributed by atoms with Gasteiger partial charge < -0.3 is 19.5 Å². The van der Waals surface area contributed by atoms with Crippen LogP contribution in [0.1, 0.15) is 19.8 Å². The molecule has 1 heterocycles. The Labute approximate surface area is 183 Å². The van der Waals surface area contributed by atoms with E-state index in [-0.39, 0.29) is 25.0 Å². The summed E-state index contributed by atoms with van der Waals surface area (Å²) in [4.78, 5) is 12.2. The number of benzene rings is 2. The lowest BCUT2D eigenvalue weighted by Gasteiger charge is -2.26. The molecule has 168 valence electrons. The Morgan fingerprint density at radius 2 is 1.87 bits per heavy atom. The molecule has 0 radical (unpaired) electrons. The Balaban J connectivity index is 1.46. The van der Waals surface area contributed by atoms with Gasteiger partial charge in [-0.15, -0.1) is 0 Å². The smallest absolute Gasteiger partial charge is 0.232 e. The molecule has 0 aromatic heterocycles. The molecule has 8 nitrogen and oxygen atoms in total. The molecule has 1 amide bonds. The maximum atomic E-state index is 12.2. The van der Waals surface area contributed by atoms with E-state index in [0.717, 1.165) is 6.26 Å². The van der Waals surface area contributed by atoms with Crippen LogP contribution in [0.3, 0.4) is 0 Å². The molecule has 0 aliphatic carbocycles. The standard InChI is InChI=1S/C22H28N2O6S/c1-3-28-18-12-10-17(11-13-18)24(31(2,26)27)14-6-9-22(25)23-15-19-16-29-20-7-4-5-8-21(20)30-19/h4-5,7-8,10-13,19H,3,6,9,14-16H2,1-2H3,(H,23,25). The van der Waals surface area contributed by atoms with Crippen LogP contribution in [0.2, 0.25) is 0 Å². The Morgan fingerprint density at radius 3 is 2.55 bits per heavy atom. The first-order chi connectivity index (χ1) is 14.9. The second-order valence-electron chi connectivity index (χ2n) is 7.17. The highest BCUT2D eigenvalue weighted by atomic mass is 32.2. The van der Waals surface area contributed by atoms with E-state index in [0.29, 0.717) is 49.1 Å². The van der Waals surface area contributed by atoms with Gasteiger partial charge in [0.15, 0.2) is 11.5 Å². The van der Waals surface area contributed by atoms with Crippen LogP contribution in [0.25, 0.3) is 0 Å². The van der Waals surface area contributed by atoms with E-state index in [2.05, 4.69) is 5.32 Å². The maximum absolute atomic E-state index is 12.2. The minimum atomic E-state index is -3.47. The number of para-hydroxylation sites is 2. The Hall–Kier alpha value is -2.94. The SMILES string of the molecule is CCOc1ccc(N(CCCC(=O)NCC2COc3ccccc3O2)S(C)(=O)=O)cc1. The summed E-state index contributed by atoms with van der Waals surface area (Å²) in [5.41, 5.74) is 0.540. The highest BCUT2D eigenvalue weighted by Crippen LogP contribution is 2.30. The molecule has 0 bridgehead atoms. The molecular weight excluding hydrogens is 420 g/mol. The summed E-state index contributed by atoms with van der Waals surface area (Å²) in [5, 5.41) is 2.83. The number of nitrogens with zero attached hydrogens (tertiary/aromatic N) is 1. The number of amides is 1. The van der Waals surface area contributed by atoms with Crippen molar-refractivity contribution < 1.29 is 27.4 Å². The van der Waals surface area contributed by atoms with E-state index in [1.807, 2.05) is 31.2 Å². The number of anilines is 1. The fourth-order valence-electron chi connectivity index (χ4n) is 3.22. The molecule has 9 heteroatoms. The molecular formula is C22H28N2O6S. The lowest BCUT2D eigenvalue weighted by Crippen LogP contribution is -2.41. The molecule has 0 spiro atoms. The van der Waals surface area contributed by atoms with Crippen molar-refractivity contribution >= 4 is 21.6 Å². The molecule has 1 aliphatic rings. The normalized spacial score (nSPS) is 15.2. The van der Waals surface area contributed by atoms with Crippen molar-refractivity contribution in [2.24, 2.45) is 0 Å². The van der Waals surface area contributed by atoms with Crippen molar-refractivity contribution in [3.05, 3.63) is 48.5 Å². The largest absolute Gasteiger partial charge is 0.494 e. The van der Waals surface area contributed by atoms with E-state index in [1.54, 1.807) is 24.3 Å². The lowest BCUT2D eigenvalue weighted by atomic mass is 10.2. The number of fused-ring (bicyclic) bond motifs is 1. The molecule has 3 rings (SSSR count). The van der Waals surface area contributed by atoms with Crippen LogP contribution in [0.5, 0.6) is 17.2 Å². The average Bonchev–Trinajstić information content (AvgIpc) is 2.75. The Kier molecular flexibility index (Phi) is 7.62. The van der Waals surface area contributed by atoms with Crippen molar-refractivity contribution in [1.82, 2.24) is 5.32 Å². The summed E-state index contributed by atoms with van der Waals surface area (Å²) in [5.74, 6) is 1.87. The number of sulfonamides is 1. The second-order valence-corrected chi connectivity index (χ2v) is 9.07. The van der Waals surface area contributed by atoms with Gasteiger partial charge in [0.25, 0.3) is 0 Å². The first-order valence-electron chi connectivity index (χ1n) is 10.2. The van der Waals surface area contributed by atoms with Gasteiger partial charge in [-0.05, 0) is 49.7 Å². The predicted octanol–water partition coefficient (Wildman–Crippen LogP) is 2.59. The summed E-state index contributed by atoms with van der Waals surface area (Å²) < 4.78 is 42.6. The van der Waals surface area contributed by atoms with Gasteiger partial charge in [0.2, 0.25) is 15.9 Å². The van der Waals surface area contributed by atoms with Gasteiger partial charge in [0.05, 0.1) is 25.1 Å².